The summed E-state index contributed by atoms with van der Waals surface area (Å²) >= 11 is 0. The van der Waals surface area contributed by atoms with Gasteiger partial charge in [-0.1, -0.05) is 43.7 Å². The number of benzene rings is 1. The van der Waals surface area contributed by atoms with Gasteiger partial charge in [0, 0.05) is 25.6 Å². The van der Waals surface area contributed by atoms with Crippen molar-refractivity contribution in [1.29, 1.82) is 0 Å². The van der Waals surface area contributed by atoms with Gasteiger partial charge in [-0.2, -0.15) is 0 Å². The van der Waals surface area contributed by atoms with Gasteiger partial charge in [-0.05, 0) is 18.4 Å². The third kappa shape index (κ3) is 4.19. The topological polar surface area (TPSA) is 95.9 Å². The molecule has 2 saturated heterocycles. The van der Waals surface area contributed by atoms with Gasteiger partial charge in [-0.25, -0.2) is 0 Å². The molecule has 0 aliphatic carbocycles. The molecule has 2 aliphatic heterocycles. The van der Waals surface area contributed by atoms with Gasteiger partial charge in [-0.15, -0.1) is 0 Å². The highest BCUT2D eigenvalue weighted by Gasteiger charge is 2.55. The molecule has 0 aromatic heterocycles. The second kappa shape index (κ2) is 8.73. The van der Waals surface area contributed by atoms with Gasteiger partial charge in [0.2, 0.25) is 11.8 Å². The molecule has 2 N–H and O–H groups in total. The summed E-state index contributed by atoms with van der Waals surface area (Å²) in [6.45, 7) is 3.26. The van der Waals surface area contributed by atoms with Gasteiger partial charge in [0.15, 0.2) is 0 Å². The Bertz CT molecular complexity index is 723. The fourth-order valence-corrected chi connectivity index (χ4v) is 4.26. The van der Waals surface area contributed by atoms with Gasteiger partial charge in [0.25, 0.3) is 0 Å². The predicted octanol–water partition coefficient (Wildman–Crippen LogP) is 1.46. The monoisotopic (exact) mass is 388 g/mol. The molecule has 1 aromatic rings. The zero-order valence-electron chi connectivity index (χ0n) is 16.2. The van der Waals surface area contributed by atoms with E-state index in [1.54, 1.807) is 4.90 Å². The molecule has 0 saturated carbocycles. The Morgan fingerprint density at radius 3 is 2.71 bits per heavy atom. The lowest BCUT2D eigenvalue weighted by atomic mass is 9.74. The van der Waals surface area contributed by atoms with E-state index in [9.17, 15) is 19.5 Å². The quantitative estimate of drug-likeness (QED) is 0.737. The van der Waals surface area contributed by atoms with Crippen molar-refractivity contribution in [2.75, 3.05) is 26.3 Å². The molecular weight excluding hydrogens is 360 g/mol. The standard InChI is InChI=1S/C21H28N2O5/c1-2-6-17(22-18(24)11-15-7-4-3-5-8-15)19(25)23-12-16-13-28-10-9-21(16,14-23)20(26)27/h3-5,7-8,16-17H,2,6,9-14H2,1H3,(H,22,24)(H,26,27)/t16-,17?,21+/m0/s1. The van der Waals surface area contributed by atoms with Gasteiger partial charge in [0.1, 0.15) is 6.04 Å². The first kappa shape index (κ1) is 20.3. The Hall–Kier alpha value is -2.41. The van der Waals surface area contributed by atoms with E-state index in [0.29, 0.717) is 32.6 Å². The summed E-state index contributed by atoms with van der Waals surface area (Å²) in [4.78, 5) is 39.1. The average Bonchev–Trinajstić information content (AvgIpc) is 3.09. The molecule has 2 fully saturated rings. The van der Waals surface area contributed by atoms with E-state index in [0.717, 1.165) is 12.0 Å². The summed E-state index contributed by atoms with van der Waals surface area (Å²) in [7, 11) is 0. The molecule has 1 aromatic carbocycles. The number of hydrogen-bond donors (Lipinski definition) is 2. The Labute approximate surface area is 165 Å². The first-order valence-corrected chi connectivity index (χ1v) is 9.89. The summed E-state index contributed by atoms with van der Waals surface area (Å²) < 4.78 is 5.45. The van der Waals surface area contributed by atoms with E-state index >= 15 is 0 Å². The third-order valence-electron chi connectivity index (χ3n) is 5.86. The van der Waals surface area contributed by atoms with Crippen LogP contribution < -0.4 is 5.32 Å². The first-order chi connectivity index (χ1) is 13.5. The molecular formula is C21H28N2O5. The first-order valence-electron chi connectivity index (χ1n) is 9.89. The summed E-state index contributed by atoms with van der Waals surface area (Å²) in [6, 6.07) is 8.75. The van der Waals surface area contributed by atoms with Crippen LogP contribution in [-0.2, 0) is 25.5 Å². The fraction of sp³-hybridized carbons (Fsp3) is 0.571. The normalized spacial score (nSPS) is 25.0. The van der Waals surface area contributed by atoms with Gasteiger partial charge < -0.3 is 20.1 Å². The number of fused-ring (bicyclic) bond motifs is 1. The van der Waals surface area contributed by atoms with E-state index in [1.165, 1.54) is 0 Å². The predicted molar refractivity (Wildman–Crippen MR) is 103 cm³/mol. The second-order valence-electron chi connectivity index (χ2n) is 7.77. The van der Waals surface area contributed by atoms with Crippen molar-refractivity contribution in [3.05, 3.63) is 35.9 Å². The van der Waals surface area contributed by atoms with Crippen LogP contribution in [0.15, 0.2) is 30.3 Å². The fourth-order valence-electron chi connectivity index (χ4n) is 4.26. The van der Waals surface area contributed by atoms with Crippen LogP contribution in [0.1, 0.15) is 31.7 Å². The third-order valence-corrected chi connectivity index (χ3v) is 5.86. The van der Waals surface area contributed by atoms with E-state index in [-0.39, 0.29) is 30.7 Å². The molecule has 7 heteroatoms. The molecule has 0 bridgehead atoms. The Kier molecular flexibility index (Phi) is 6.34. The number of amides is 2. The minimum Gasteiger partial charge on any atom is -0.481 e. The molecule has 28 heavy (non-hydrogen) atoms. The number of rotatable bonds is 7. The molecule has 3 atom stereocenters. The summed E-state index contributed by atoms with van der Waals surface area (Å²) in [5, 5.41) is 12.6. The maximum atomic E-state index is 13.1. The molecule has 0 radical (unpaired) electrons. The number of carboxylic acid groups (broad SMARTS) is 1. The molecule has 7 nitrogen and oxygen atoms in total. The number of nitrogens with one attached hydrogen (secondary N) is 1. The van der Waals surface area contributed by atoms with Crippen LogP contribution in [0.2, 0.25) is 0 Å². The number of carboxylic acids is 1. The van der Waals surface area contributed by atoms with Crippen molar-refractivity contribution in [3.8, 4) is 0 Å². The molecule has 152 valence electrons. The lowest BCUT2D eigenvalue weighted by Gasteiger charge is -2.34. The second-order valence-corrected chi connectivity index (χ2v) is 7.77. The van der Waals surface area contributed by atoms with Crippen molar-refractivity contribution < 1.29 is 24.2 Å². The lowest BCUT2D eigenvalue weighted by Crippen LogP contribution is -2.49. The molecule has 0 spiro atoms. The molecule has 1 unspecified atom stereocenters. The maximum absolute atomic E-state index is 13.1. The number of nitrogens with zero attached hydrogens (tertiary/aromatic N) is 1. The summed E-state index contributed by atoms with van der Waals surface area (Å²) in [5.41, 5.74) is -0.0458. The van der Waals surface area contributed by atoms with E-state index in [4.69, 9.17) is 4.74 Å². The van der Waals surface area contributed by atoms with E-state index in [1.807, 2.05) is 37.3 Å². The molecule has 3 rings (SSSR count). The highest BCUT2D eigenvalue weighted by molar-refractivity contribution is 5.89. The Morgan fingerprint density at radius 1 is 1.32 bits per heavy atom. The zero-order valence-corrected chi connectivity index (χ0v) is 16.2. The highest BCUT2D eigenvalue weighted by Crippen LogP contribution is 2.42. The number of hydrogen-bond acceptors (Lipinski definition) is 4. The van der Waals surface area contributed by atoms with Crippen LogP contribution >= 0.6 is 0 Å². The largest absolute Gasteiger partial charge is 0.481 e. The maximum Gasteiger partial charge on any atom is 0.311 e. The van der Waals surface area contributed by atoms with Crippen LogP contribution in [0.25, 0.3) is 0 Å². The van der Waals surface area contributed by atoms with Gasteiger partial charge in [-0.3, -0.25) is 14.4 Å². The number of ether oxygens (including phenoxy) is 1. The minimum absolute atomic E-state index is 0.184. The summed E-state index contributed by atoms with van der Waals surface area (Å²) in [6.07, 6.45) is 1.89. The van der Waals surface area contributed by atoms with Crippen LogP contribution in [0.5, 0.6) is 0 Å². The highest BCUT2D eigenvalue weighted by atomic mass is 16.5. The van der Waals surface area contributed by atoms with Crippen LogP contribution in [-0.4, -0.2) is 60.1 Å². The van der Waals surface area contributed by atoms with Crippen LogP contribution in [0.3, 0.4) is 0 Å². The molecule has 2 amide bonds. The van der Waals surface area contributed by atoms with Crippen molar-refractivity contribution in [2.24, 2.45) is 11.3 Å². The zero-order chi connectivity index (χ0) is 20.1. The van der Waals surface area contributed by atoms with Gasteiger partial charge >= 0.3 is 5.97 Å². The minimum atomic E-state index is -0.932. The lowest BCUT2D eigenvalue weighted by molar-refractivity contribution is -0.157. The van der Waals surface area contributed by atoms with Crippen molar-refractivity contribution in [2.45, 2.75) is 38.6 Å². The average molecular weight is 388 g/mol. The van der Waals surface area contributed by atoms with Crippen LogP contribution in [0, 0.1) is 11.3 Å². The van der Waals surface area contributed by atoms with E-state index in [2.05, 4.69) is 5.32 Å². The number of aliphatic carboxylic acids is 1. The van der Waals surface area contributed by atoms with Gasteiger partial charge in [0.05, 0.1) is 18.4 Å². The van der Waals surface area contributed by atoms with Crippen molar-refractivity contribution in [1.82, 2.24) is 10.2 Å². The smallest absolute Gasteiger partial charge is 0.311 e. The Morgan fingerprint density at radius 2 is 2.07 bits per heavy atom. The molecule has 2 aliphatic rings. The number of carbonyl (C=O) groups excluding carboxylic acids is 2. The van der Waals surface area contributed by atoms with Crippen molar-refractivity contribution in [3.63, 3.8) is 0 Å². The van der Waals surface area contributed by atoms with Crippen molar-refractivity contribution >= 4 is 17.8 Å². The number of likely N-dealkylation sites (tertiary alicyclic amines) is 1. The molecule has 2 heterocycles. The van der Waals surface area contributed by atoms with E-state index < -0.39 is 17.4 Å². The number of carbonyl (C=O) groups is 3. The Balaban J connectivity index is 1.67. The summed E-state index contributed by atoms with van der Waals surface area (Å²) in [5.74, 6) is -1.47. The van der Waals surface area contributed by atoms with Crippen LogP contribution in [0.4, 0.5) is 0 Å². The SMILES string of the molecule is CCCC(NC(=O)Cc1ccccc1)C(=O)N1C[C@H]2COCC[C@@]2(C(=O)O)C1.